The van der Waals surface area contributed by atoms with E-state index in [9.17, 15) is 9.59 Å². The number of hydrogen-bond donors (Lipinski definition) is 2. The fourth-order valence-electron chi connectivity index (χ4n) is 3.07. The lowest BCUT2D eigenvalue weighted by atomic mass is 10.0. The highest BCUT2D eigenvalue weighted by Gasteiger charge is 2.08. The maximum absolute atomic E-state index is 11.6. The number of carbonyl (C=O) groups excluding carboxylic acids is 2. The molecule has 0 fully saturated rings. The van der Waals surface area contributed by atoms with E-state index < -0.39 is 5.97 Å². The molecule has 2 N–H and O–H groups in total. The van der Waals surface area contributed by atoms with Crippen LogP contribution in [-0.2, 0) is 14.3 Å². The van der Waals surface area contributed by atoms with Gasteiger partial charge in [-0.25, -0.2) is 0 Å². The normalized spacial score (nSPS) is 10.5. The molecule has 0 aliphatic heterocycles. The lowest BCUT2D eigenvalue weighted by Gasteiger charge is -2.09. The van der Waals surface area contributed by atoms with Crippen molar-refractivity contribution in [1.82, 2.24) is 10.6 Å². The Morgan fingerprint density at radius 1 is 0.750 bits per heavy atom. The van der Waals surface area contributed by atoms with Crippen LogP contribution in [0.1, 0.15) is 110 Å². The number of nitrogens with one attached hydrogen (secondary N) is 2. The molecule has 1 amide bonds. The molecule has 28 heavy (non-hydrogen) atoms. The summed E-state index contributed by atoms with van der Waals surface area (Å²) in [5, 5.41) is 5.96. The van der Waals surface area contributed by atoms with Crippen molar-refractivity contribution in [2.24, 2.45) is 0 Å². The first-order chi connectivity index (χ1) is 13.6. The topological polar surface area (TPSA) is 67.4 Å². The second-order valence-electron chi connectivity index (χ2n) is 7.48. The smallest absolute Gasteiger partial charge is 0.306 e. The van der Waals surface area contributed by atoms with Gasteiger partial charge in [-0.2, -0.15) is 0 Å². The summed E-state index contributed by atoms with van der Waals surface area (Å²) < 4.78 is 4.50. The molecule has 0 aliphatic carbocycles. The molecular formula is C22H42N2O3S. The first kappa shape index (κ1) is 26.8. The molecule has 0 spiro atoms. The average molecular weight is 415 g/mol. The van der Waals surface area contributed by atoms with Crippen LogP contribution in [0.3, 0.4) is 0 Å². The quantitative estimate of drug-likeness (QED) is 0.178. The van der Waals surface area contributed by atoms with Gasteiger partial charge in [-0.1, -0.05) is 90.4 Å². The van der Waals surface area contributed by atoms with Gasteiger partial charge in [0.15, 0.2) is 5.11 Å². The summed E-state index contributed by atoms with van der Waals surface area (Å²) >= 11 is 5.08. The summed E-state index contributed by atoms with van der Waals surface area (Å²) in [5.41, 5.74) is 0. The predicted octanol–water partition coefficient (Wildman–Crippen LogP) is 5.41. The molecule has 0 bridgehead atoms. The van der Waals surface area contributed by atoms with E-state index in [1.807, 2.05) is 0 Å². The highest BCUT2D eigenvalue weighted by molar-refractivity contribution is 7.80. The Hall–Kier alpha value is -1.17. The van der Waals surface area contributed by atoms with Crippen molar-refractivity contribution in [3.05, 3.63) is 0 Å². The van der Waals surface area contributed by atoms with Gasteiger partial charge in [0.25, 0.3) is 0 Å². The number of hydrogen-bond acceptors (Lipinski definition) is 4. The van der Waals surface area contributed by atoms with E-state index in [4.69, 9.17) is 12.2 Å². The van der Waals surface area contributed by atoms with Gasteiger partial charge in [0, 0.05) is 13.0 Å². The van der Waals surface area contributed by atoms with Crippen LogP contribution in [0.15, 0.2) is 0 Å². The van der Waals surface area contributed by atoms with Crippen molar-refractivity contribution in [3.63, 3.8) is 0 Å². The Kier molecular flexibility index (Phi) is 19.7. The van der Waals surface area contributed by atoms with Crippen LogP contribution in [0.25, 0.3) is 0 Å². The van der Waals surface area contributed by atoms with E-state index in [2.05, 4.69) is 22.3 Å². The summed E-state index contributed by atoms with van der Waals surface area (Å²) in [6, 6.07) is 0. The van der Waals surface area contributed by atoms with Crippen LogP contribution >= 0.6 is 12.2 Å². The van der Waals surface area contributed by atoms with E-state index in [1.54, 1.807) is 0 Å². The number of esters is 1. The number of carbonyl (C=O) groups is 2. The minimum absolute atomic E-state index is 0.0733. The molecule has 0 aromatic rings. The summed E-state index contributed by atoms with van der Waals surface area (Å²) in [6.07, 6.45) is 18.9. The molecule has 164 valence electrons. The standard InChI is InChI=1S/C22H42N2O3S/c1-3-4-5-6-7-8-9-10-11-12-13-14-15-16-19-23-22(28)24-20(25)17-18-21(26)27-2/h3-19H2,1-2H3,(H2,23,24,25,28). The predicted molar refractivity (Wildman–Crippen MR) is 120 cm³/mol. The molecule has 0 heterocycles. The minimum atomic E-state index is -0.392. The zero-order chi connectivity index (χ0) is 20.9. The molecule has 0 unspecified atom stereocenters. The minimum Gasteiger partial charge on any atom is -0.469 e. The third-order valence-corrected chi connectivity index (χ3v) is 5.10. The van der Waals surface area contributed by atoms with E-state index in [0.717, 1.165) is 13.0 Å². The Bertz CT molecular complexity index is 417. The highest BCUT2D eigenvalue weighted by Crippen LogP contribution is 2.12. The average Bonchev–Trinajstić information content (AvgIpc) is 2.69. The van der Waals surface area contributed by atoms with Crippen molar-refractivity contribution in [2.45, 2.75) is 110 Å². The van der Waals surface area contributed by atoms with Crippen LogP contribution in [0.4, 0.5) is 0 Å². The zero-order valence-corrected chi connectivity index (χ0v) is 19.0. The Morgan fingerprint density at radius 2 is 1.21 bits per heavy atom. The molecule has 6 heteroatoms. The molecule has 0 aromatic carbocycles. The van der Waals surface area contributed by atoms with Gasteiger partial charge in [-0.3, -0.25) is 9.59 Å². The van der Waals surface area contributed by atoms with Crippen molar-refractivity contribution < 1.29 is 14.3 Å². The lowest BCUT2D eigenvalue weighted by molar-refractivity contribution is -0.142. The first-order valence-electron chi connectivity index (χ1n) is 11.2. The maximum Gasteiger partial charge on any atom is 0.306 e. The zero-order valence-electron chi connectivity index (χ0n) is 18.2. The second kappa shape index (κ2) is 20.6. The largest absolute Gasteiger partial charge is 0.469 e. The summed E-state index contributed by atoms with van der Waals surface area (Å²) in [7, 11) is 1.31. The second-order valence-corrected chi connectivity index (χ2v) is 7.88. The summed E-state index contributed by atoms with van der Waals surface area (Å²) in [6.45, 7) is 3.04. The van der Waals surface area contributed by atoms with Gasteiger partial charge >= 0.3 is 5.97 Å². The SMILES string of the molecule is CCCCCCCCCCCCCCCCNC(=S)NC(=O)CCC(=O)OC. The van der Waals surface area contributed by atoms with Crippen LogP contribution in [0, 0.1) is 0 Å². The number of rotatable bonds is 18. The van der Waals surface area contributed by atoms with Crippen LogP contribution in [0.5, 0.6) is 0 Å². The van der Waals surface area contributed by atoms with Gasteiger partial charge in [0.05, 0.1) is 13.5 Å². The maximum atomic E-state index is 11.6. The van der Waals surface area contributed by atoms with Crippen molar-refractivity contribution in [3.8, 4) is 0 Å². The summed E-state index contributed by atoms with van der Waals surface area (Å²) in [5.74, 6) is -0.653. The Balaban J connectivity index is 3.29. The third kappa shape index (κ3) is 19.6. The van der Waals surface area contributed by atoms with Crippen molar-refractivity contribution in [2.75, 3.05) is 13.7 Å². The molecule has 0 atom stereocenters. The number of unbranched alkanes of at least 4 members (excludes halogenated alkanes) is 13. The fraction of sp³-hybridized carbons (Fsp3) is 0.864. The summed E-state index contributed by atoms with van der Waals surface area (Å²) in [4.78, 5) is 22.6. The van der Waals surface area contributed by atoms with Crippen molar-refractivity contribution in [1.29, 1.82) is 0 Å². The van der Waals surface area contributed by atoms with E-state index in [1.165, 1.54) is 90.6 Å². The third-order valence-electron chi connectivity index (χ3n) is 4.85. The molecular weight excluding hydrogens is 372 g/mol. The number of thiocarbonyl (C=S) groups is 1. The van der Waals surface area contributed by atoms with Gasteiger partial charge in [0.1, 0.15) is 0 Å². The molecule has 0 aliphatic rings. The molecule has 0 aromatic heterocycles. The fourth-order valence-corrected chi connectivity index (χ4v) is 3.29. The van der Waals surface area contributed by atoms with Crippen molar-refractivity contribution >= 4 is 29.2 Å². The molecule has 0 saturated carbocycles. The number of methoxy groups -OCH3 is 1. The van der Waals surface area contributed by atoms with Crippen LogP contribution in [-0.4, -0.2) is 30.6 Å². The van der Waals surface area contributed by atoms with E-state index in [-0.39, 0.29) is 18.7 Å². The highest BCUT2D eigenvalue weighted by atomic mass is 32.1. The van der Waals surface area contributed by atoms with Crippen LogP contribution in [0.2, 0.25) is 0 Å². The van der Waals surface area contributed by atoms with E-state index >= 15 is 0 Å². The molecule has 0 radical (unpaired) electrons. The van der Waals surface area contributed by atoms with Gasteiger partial charge < -0.3 is 15.4 Å². The van der Waals surface area contributed by atoms with Gasteiger partial charge in [-0.05, 0) is 18.6 Å². The Morgan fingerprint density at radius 3 is 1.68 bits per heavy atom. The van der Waals surface area contributed by atoms with Gasteiger partial charge in [-0.15, -0.1) is 0 Å². The number of amides is 1. The van der Waals surface area contributed by atoms with E-state index in [0.29, 0.717) is 5.11 Å². The van der Waals surface area contributed by atoms with Gasteiger partial charge in [0.2, 0.25) is 5.91 Å². The van der Waals surface area contributed by atoms with Crippen LogP contribution < -0.4 is 10.6 Å². The monoisotopic (exact) mass is 414 g/mol. The molecule has 0 rings (SSSR count). The molecule has 5 nitrogen and oxygen atoms in total. The molecule has 0 saturated heterocycles. The lowest BCUT2D eigenvalue weighted by Crippen LogP contribution is -2.39. The number of ether oxygens (including phenoxy) is 1. The Labute approximate surface area is 177 Å². The first-order valence-corrected chi connectivity index (χ1v) is 11.7.